The number of amides is 1. The van der Waals surface area contributed by atoms with Gasteiger partial charge in [-0.25, -0.2) is 0 Å². The number of hydrogen-bond donors (Lipinski definition) is 1. The smallest absolute Gasteiger partial charge is 0.265 e. The Kier molecular flexibility index (Phi) is 5.65. The number of ether oxygens (including phenoxy) is 1. The fraction of sp³-hybridized carbons (Fsp3) is 0.435. The molecule has 3 heteroatoms. The van der Waals surface area contributed by atoms with Gasteiger partial charge in [-0.15, -0.1) is 0 Å². The van der Waals surface area contributed by atoms with Crippen molar-refractivity contribution in [2.75, 3.05) is 5.32 Å². The van der Waals surface area contributed by atoms with Crippen LogP contribution in [0.1, 0.15) is 61.8 Å². The van der Waals surface area contributed by atoms with Gasteiger partial charge in [-0.1, -0.05) is 38.1 Å². The van der Waals surface area contributed by atoms with Crippen LogP contribution in [0.4, 0.5) is 5.69 Å². The normalized spacial score (nSPS) is 14.7. The Morgan fingerprint density at radius 1 is 1.04 bits per heavy atom. The van der Waals surface area contributed by atoms with E-state index in [1.54, 1.807) is 0 Å². The molecular formula is C23H29NO2. The van der Waals surface area contributed by atoms with Gasteiger partial charge in [-0.2, -0.15) is 0 Å². The predicted octanol–water partition coefficient (Wildman–Crippen LogP) is 5.40. The highest BCUT2D eigenvalue weighted by Gasteiger charge is 2.19. The molecule has 0 bridgehead atoms. The maximum atomic E-state index is 12.7. The summed E-state index contributed by atoms with van der Waals surface area (Å²) in [7, 11) is 0. The zero-order chi connectivity index (χ0) is 18.7. The molecule has 3 nitrogen and oxygen atoms in total. The zero-order valence-electron chi connectivity index (χ0n) is 16.3. The molecule has 0 radical (unpaired) electrons. The topological polar surface area (TPSA) is 38.3 Å². The Balaban J connectivity index is 1.71. The SMILES string of the molecule is Cc1cccc(C(C)C)c1NC(=O)[C@H](C)Oc1ccc2c(c1)CCCC2. The van der Waals surface area contributed by atoms with Gasteiger partial charge in [-0.05, 0) is 79.8 Å². The summed E-state index contributed by atoms with van der Waals surface area (Å²) < 4.78 is 5.94. The average molecular weight is 351 g/mol. The Morgan fingerprint density at radius 3 is 2.50 bits per heavy atom. The third-order valence-electron chi connectivity index (χ3n) is 5.18. The van der Waals surface area contributed by atoms with Crippen molar-refractivity contribution >= 4 is 11.6 Å². The molecule has 2 aromatic rings. The average Bonchev–Trinajstić information content (AvgIpc) is 2.63. The van der Waals surface area contributed by atoms with Crippen molar-refractivity contribution < 1.29 is 9.53 Å². The summed E-state index contributed by atoms with van der Waals surface area (Å²) in [5.41, 5.74) is 5.92. The van der Waals surface area contributed by atoms with Crippen LogP contribution in [0.15, 0.2) is 36.4 Å². The number of nitrogens with one attached hydrogen (secondary N) is 1. The van der Waals surface area contributed by atoms with E-state index < -0.39 is 6.10 Å². The number of aryl methyl sites for hydroxylation is 3. The van der Waals surface area contributed by atoms with E-state index in [0.29, 0.717) is 5.92 Å². The Labute approximate surface area is 156 Å². The molecule has 0 aromatic heterocycles. The quantitative estimate of drug-likeness (QED) is 0.783. The van der Waals surface area contributed by atoms with Gasteiger partial charge in [0.15, 0.2) is 6.10 Å². The summed E-state index contributed by atoms with van der Waals surface area (Å²) in [6.07, 6.45) is 4.21. The summed E-state index contributed by atoms with van der Waals surface area (Å²) >= 11 is 0. The van der Waals surface area contributed by atoms with E-state index in [1.165, 1.54) is 24.0 Å². The molecule has 138 valence electrons. The first-order valence-electron chi connectivity index (χ1n) is 9.64. The highest BCUT2D eigenvalue weighted by molar-refractivity contribution is 5.95. The number of hydrogen-bond acceptors (Lipinski definition) is 2. The minimum absolute atomic E-state index is 0.112. The molecule has 26 heavy (non-hydrogen) atoms. The van der Waals surface area contributed by atoms with Crippen molar-refractivity contribution in [2.45, 2.75) is 65.4 Å². The number of carbonyl (C=O) groups excluding carboxylic acids is 1. The molecule has 1 aliphatic carbocycles. The molecule has 0 saturated heterocycles. The van der Waals surface area contributed by atoms with Crippen LogP contribution in [0.3, 0.4) is 0 Å². The van der Waals surface area contributed by atoms with Crippen molar-refractivity contribution in [2.24, 2.45) is 0 Å². The summed E-state index contributed by atoms with van der Waals surface area (Å²) in [5, 5.41) is 3.08. The van der Waals surface area contributed by atoms with Crippen LogP contribution in [0.2, 0.25) is 0 Å². The van der Waals surface area contributed by atoms with E-state index in [4.69, 9.17) is 4.74 Å². The maximum Gasteiger partial charge on any atom is 0.265 e. The Bertz CT molecular complexity index is 795. The molecule has 0 heterocycles. The fourth-order valence-electron chi connectivity index (χ4n) is 3.61. The first kappa shape index (κ1) is 18.5. The summed E-state index contributed by atoms with van der Waals surface area (Å²) in [6.45, 7) is 8.10. The van der Waals surface area contributed by atoms with Crippen molar-refractivity contribution in [3.05, 3.63) is 58.7 Å². The van der Waals surface area contributed by atoms with Gasteiger partial charge in [0.25, 0.3) is 5.91 Å². The lowest BCUT2D eigenvalue weighted by Gasteiger charge is -2.21. The second-order valence-corrected chi connectivity index (χ2v) is 7.58. The standard InChI is InChI=1S/C23H29NO2/c1-15(2)21-11-7-8-16(3)22(21)24-23(25)17(4)26-20-13-12-18-9-5-6-10-19(18)14-20/h7-8,11-15,17H,5-6,9-10H2,1-4H3,(H,24,25)/t17-/m0/s1. The third-order valence-corrected chi connectivity index (χ3v) is 5.18. The van der Waals surface area contributed by atoms with Gasteiger partial charge < -0.3 is 10.1 Å². The van der Waals surface area contributed by atoms with Gasteiger partial charge in [0, 0.05) is 5.69 Å². The molecule has 0 unspecified atom stereocenters. The lowest BCUT2D eigenvalue weighted by molar-refractivity contribution is -0.122. The van der Waals surface area contributed by atoms with Crippen LogP contribution >= 0.6 is 0 Å². The third kappa shape index (κ3) is 4.09. The van der Waals surface area contributed by atoms with Crippen LogP contribution in [0.5, 0.6) is 5.75 Å². The lowest BCUT2D eigenvalue weighted by atomic mass is 9.92. The molecule has 2 aromatic carbocycles. The van der Waals surface area contributed by atoms with Crippen molar-refractivity contribution in [1.82, 2.24) is 0 Å². The largest absolute Gasteiger partial charge is 0.481 e. The number of anilines is 1. The van der Waals surface area contributed by atoms with Crippen molar-refractivity contribution in [3.8, 4) is 5.75 Å². The molecule has 1 atom stereocenters. The fourth-order valence-corrected chi connectivity index (χ4v) is 3.61. The first-order valence-corrected chi connectivity index (χ1v) is 9.64. The molecule has 1 N–H and O–H groups in total. The van der Waals surface area contributed by atoms with Crippen LogP contribution in [-0.4, -0.2) is 12.0 Å². The summed E-state index contributed by atoms with van der Waals surface area (Å²) in [6, 6.07) is 12.4. The zero-order valence-corrected chi connectivity index (χ0v) is 16.3. The van der Waals surface area contributed by atoms with E-state index in [2.05, 4.69) is 37.4 Å². The maximum absolute atomic E-state index is 12.7. The minimum Gasteiger partial charge on any atom is -0.481 e. The van der Waals surface area contributed by atoms with Crippen molar-refractivity contribution in [3.63, 3.8) is 0 Å². The number of benzene rings is 2. The van der Waals surface area contributed by atoms with Crippen LogP contribution in [-0.2, 0) is 17.6 Å². The van der Waals surface area contributed by atoms with E-state index >= 15 is 0 Å². The number of rotatable bonds is 5. The number of fused-ring (bicyclic) bond motifs is 1. The first-order chi connectivity index (χ1) is 12.5. The van der Waals surface area contributed by atoms with Crippen LogP contribution < -0.4 is 10.1 Å². The van der Waals surface area contributed by atoms with Gasteiger partial charge >= 0.3 is 0 Å². The van der Waals surface area contributed by atoms with Gasteiger partial charge in [-0.3, -0.25) is 4.79 Å². The minimum atomic E-state index is -0.545. The molecule has 0 saturated carbocycles. The van der Waals surface area contributed by atoms with Gasteiger partial charge in [0.2, 0.25) is 0 Å². The molecule has 1 amide bonds. The van der Waals surface area contributed by atoms with E-state index in [-0.39, 0.29) is 5.91 Å². The highest BCUT2D eigenvalue weighted by Crippen LogP contribution is 2.28. The number of carbonyl (C=O) groups is 1. The van der Waals surface area contributed by atoms with Crippen LogP contribution in [0.25, 0.3) is 0 Å². The van der Waals surface area contributed by atoms with Gasteiger partial charge in [0.1, 0.15) is 5.75 Å². The molecule has 1 aliphatic rings. The van der Waals surface area contributed by atoms with Crippen LogP contribution in [0, 0.1) is 6.92 Å². The second-order valence-electron chi connectivity index (χ2n) is 7.58. The monoisotopic (exact) mass is 351 g/mol. The van der Waals surface area contributed by atoms with E-state index in [9.17, 15) is 4.79 Å². The summed E-state index contributed by atoms with van der Waals surface area (Å²) in [5.74, 6) is 1.02. The molecular weight excluding hydrogens is 322 g/mol. The van der Waals surface area contributed by atoms with E-state index in [1.807, 2.05) is 32.0 Å². The van der Waals surface area contributed by atoms with E-state index in [0.717, 1.165) is 35.4 Å². The van der Waals surface area contributed by atoms with Crippen molar-refractivity contribution in [1.29, 1.82) is 0 Å². The molecule has 0 aliphatic heterocycles. The van der Waals surface area contributed by atoms with Gasteiger partial charge in [0.05, 0.1) is 0 Å². The second kappa shape index (κ2) is 7.94. The predicted molar refractivity (Wildman–Crippen MR) is 107 cm³/mol. The lowest BCUT2D eigenvalue weighted by Crippen LogP contribution is -2.31. The Morgan fingerprint density at radius 2 is 1.77 bits per heavy atom. The Hall–Kier alpha value is -2.29. The highest BCUT2D eigenvalue weighted by atomic mass is 16.5. The number of para-hydroxylation sites is 1. The molecule has 0 spiro atoms. The molecule has 0 fully saturated rings. The summed E-state index contributed by atoms with van der Waals surface area (Å²) in [4.78, 5) is 12.7. The molecule has 3 rings (SSSR count).